The van der Waals surface area contributed by atoms with Crippen molar-refractivity contribution >= 4 is 8.32 Å². The van der Waals surface area contributed by atoms with Crippen molar-refractivity contribution in [3.8, 4) is 6.07 Å². The van der Waals surface area contributed by atoms with Crippen molar-refractivity contribution in [1.29, 1.82) is 5.26 Å². The first-order chi connectivity index (χ1) is 8.96. The molecule has 0 radical (unpaired) electrons. The molecule has 2 rings (SSSR count). The van der Waals surface area contributed by atoms with Crippen LogP contribution in [-0.2, 0) is 9.16 Å². The number of nitrogens with zero attached hydrogens (tertiary/aromatic N) is 1. The lowest BCUT2D eigenvalue weighted by atomic mass is 9.80. The van der Waals surface area contributed by atoms with Crippen LogP contribution in [0.3, 0.4) is 0 Å². The van der Waals surface area contributed by atoms with Crippen LogP contribution >= 0.6 is 0 Å². The molecule has 1 aromatic carbocycles. The fourth-order valence-electron chi connectivity index (χ4n) is 2.63. The lowest BCUT2D eigenvalue weighted by Crippen LogP contribution is -2.34. The normalized spacial score (nSPS) is 26.6. The van der Waals surface area contributed by atoms with Gasteiger partial charge in [-0.25, -0.2) is 0 Å². The monoisotopic (exact) mass is 275 g/mol. The van der Waals surface area contributed by atoms with Crippen LogP contribution in [0, 0.1) is 17.2 Å². The first kappa shape index (κ1) is 14.3. The van der Waals surface area contributed by atoms with Gasteiger partial charge in [0.25, 0.3) is 0 Å². The number of ether oxygens (including phenoxy) is 1. The number of benzene rings is 1. The second kappa shape index (κ2) is 5.46. The van der Waals surface area contributed by atoms with Crippen molar-refractivity contribution in [1.82, 2.24) is 0 Å². The van der Waals surface area contributed by atoms with Crippen molar-refractivity contribution in [2.24, 2.45) is 5.92 Å². The van der Waals surface area contributed by atoms with Crippen LogP contribution in [0.25, 0.3) is 0 Å². The first-order valence-corrected chi connectivity index (χ1v) is 10.1. The summed E-state index contributed by atoms with van der Waals surface area (Å²) in [6.45, 7) is 6.48. The number of rotatable bonds is 3. The van der Waals surface area contributed by atoms with Gasteiger partial charge in [0.15, 0.2) is 8.32 Å². The lowest BCUT2D eigenvalue weighted by Gasteiger charge is -2.37. The molecule has 1 aliphatic carbocycles. The van der Waals surface area contributed by atoms with Gasteiger partial charge in [0.2, 0.25) is 0 Å². The summed E-state index contributed by atoms with van der Waals surface area (Å²) < 4.78 is 11.8. The van der Waals surface area contributed by atoms with E-state index in [9.17, 15) is 5.26 Å². The predicted octanol–water partition coefficient (Wildman–Crippen LogP) is 3.81. The zero-order valence-corrected chi connectivity index (χ0v) is 13.0. The Hall–Kier alpha value is -1.15. The van der Waals surface area contributed by atoms with E-state index in [1.165, 1.54) is 5.56 Å². The largest absolute Gasteiger partial charge is 0.409 e. The average Bonchev–Trinajstić information content (AvgIpc) is 2.37. The topological polar surface area (TPSA) is 42.2 Å². The molecule has 0 saturated carbocycles. The molecule has 3 atom stereocenters. The van der Waals surface area contributed by atoms with Gasteiger partial charge in [-0.3, -0.25) is 0 Å². The SMILES string of the molecule is COC1CC(C#N)C(O[Si](C)(C)C)c2ccccc21. The molecular formula is C15H21NO2Si. The maximum Gasteiger partial charge on any atom is 0.184 e. The molecule has 0 fully saturated rings. The van der Waals surface area contributed by atoms with E-state index in [1.54, 1.807) is 7.11 Å². The van der Waals surface area contributed by atoms with Gasteiger partial charge in [-0.05, 0) is 37.2 Å². The molecule has 0 amide bonds. The van der Waals surface area contributed by atoms with E-state index >= 15 is 0 Å². The predicted molar refractivity (Wildman–Crippen MR) is 77.1 cm³/mol. The Morgan fingerprint density at radius 3 is 2.37 bits per heavy atom. The highest BCUT2D eigenvalue weighted by Gasteiger charge is 2.37. The fraction of sp³-hybridized carbons (Fsp3) is 0.533. The highest BCUT2D eigenvalue weighted by molar-refractivity contribution is 6.69. The molecule has 19 heavy (non-hydrogen) atoms. The van der Waals surface area contributed by atoms with E-state index < -0.39 is 8.32 Å². The minimum Gasteiger partial charge on any atom is -0.409 e. The molecule has 1 aliphatic rings. The van der Waals surface area contributed by atoms with E-state index in [4.69, 9.17) is 9.16 Å². The summed E-state index contributed by atoms with van der Waals surface area (Å²) in [6.07, 6.45) is 0.598. The van der Waals surface area contributed by atoms with E-state index in [1.807, 2.05) is 12.1 Å². The molecule has 0 aromatic heterocycles. The maximum atomic E-state index is 9.43. The average molecular weight is 275 g/mol. The lowest BCUT2D eigenvalue weighted by molar-refractivity contribution is 0.0393. The number of hydrogen-bond donors (Lipinski definition) is 0. The number of hydrogen-bond acceptors (Lipinski definition) is 3. The van der Waals surface area contributed by atoms with Gasteiger partial charge in [-0.1, -0.05) is 24.3 Å². The van der Waals surface area contributed by atoms with Crippen molar-refractivity contribution in [2.75, 3.05) is 7.11 Å². The highest BCUT2D eigenvalue weighted by atomic mass is 28.4. The molecule has 102 valence electrons. The summed E-state index contributed by atoms with van der Waals surface area (Å²) in [5, 5.41) is 9.43. The van der Waals surface area contributed by atoms with E-state index in [2.05, 4.69) is 37.8 Å². The van der Waals surface area contributed by atoms with Crippen LogP contribution in [0.4, 0.5) is 0 Å². The number of fused-ring (bicyclic) bond motifs is 1. The summed E-state index contributed by atoms with van der Waals surface area (Å²) in [4.78, 5) is 0. The van der Waals surface area contributed by atoms with Crippen LogP contribution in [-0.4, -0.2) is 15.4 Å². The molecule has 0 N–H and O–H groups in total. The Kier molecular flexibility index (Phi) is 4.09. The van der Waals surface area contributed by atoms with E-state index in [0.717, 1.165) is 5.56 Å². The van der Waals surface area contributed by atoms with Crippen molar-refractivity contribution in [2.45, 2.75) is 38.3 Å². The van der Waals surface area contributed by atoms with Crippen LogP contribution in [0.15, 0.2) is 24.3 Å². The van der Waals surface area contributed by atoms with Crippen LogP contribution in [0.5, 0.6) is 0 Å². The molecule has 4 heteroatoms. The third-order valence-corrected chi connectivity index (χ3v) is 4.37. The smallest absolute Gasteiger partial charge is 0.184 e. The summed E-state index contributed by atoms with van der Waals surface area (Å²) in [5.74, 6) is -0.133. The van der Waals surface area contributed by atoms with Gasteiger partial charge < -0.3 is 9.16 Å². The van der Waals surface area contributed by atoms with Crippen molar-refractivity contribution < 1.29 is 9.16 Å². The highest BCUT2D eigenvalue weighted by Crippen LogP contribution is 2.44. The standard InChI is InChI=1S/C15H21NO2Si/c1-17-14-9-11(10-16)15(18-19(2,3)4)13-8-6-5-7-12(13)14/h5-8,11,14-15H,9H2,1-4H3. The van der Waals surface area contributed by atoms with Crippen LogP contribution in [0.2, 0.25) is 19.6 Å². The van der Waals surface area contributed by atoms with Gasteiger partial charge in [0.05, 0.1) is 24.2 Å². The second-order valence-electron chi connectivity index (χ2n) is 5.98. The third kappa shape index (κ3) is 3.06. The molecule has 0 heterocycles. The quantitative estimate of drug-likeness (QED) is 0.788. The van der Waals surface area contributed by atoms with E-state index in [0.29, 0.717) is 6.42 Å². The number of methoxy groups -OCH3 is 1. The van der Waals surface area contributed by atoms with Gasteiger partial charge >= 0.3 is 0 Å². The van der Waals surface area contributed by atoms with Gasteiger partial charge in [0, 0.05) is 7.11 Å². The molecule has 0 spiro atoms. The zero-order chi connectivity index (χ0) is 14.0. The molecule has 3 unspecified atom stereocenters. The fourth-order valence-corrected chi connectivity index (χ4v) is 3.68. The zero-order valence-electron chi connectivity index (χ0n) is 12.0. The summed E-state index contributed by atoms with van der Waals surface area (Å²) in [7, 11) is 0.00864. The minimum absolute atomic E-state index is 0.00216. The van der Waals surface area contributed by atoms with Crippen LogP contribution < -0.4 is 0 Å². The van der Waals surface area contributed by atoms with Gasteiger partial charge in [0.1, 0.15) is 0 Å². The Morgan fingerprint density at radius 2 is 1.84 bits per heavy atom. The minimum atomic E-state index is -1.70. The van der Waals surface area contributed by atoms with Gasteiger partial charge in [-0.2, -0.15) is 5.26 Å². The summed E-state index contributed by atoms with van der Waals surface area (Å²) in [6, 6.07) is 10.6. The molecule has 0 saturated heterocycles. The summed E-state index contributed by atoms with van der Waals surface area (Å²) in [5.41, 5.74) is 2.29. The molecule has 0 aliphatic heterocycles. The Bertz CT molecular complexity index is 490. The van der Waals surface area contributed by atoms with E-state index in [-0.39, 0.29) is 18.1 Å². The van der Waals surface area contributed by atoms with Crippen LogP contribution in [0.1, 0.15) is 29.8 Å². The first-order valence-electron chi connectivity index (χ1n) is 6.65. The number of nitriles is 1. The molecular weight excluding hydrogens is 254 g/mol. The molecule has 1 aromatic rings. The Labute approximate surface area is 116 Å². The second-order valence-corrected chi connectivity index (χ2v) is 10.4. The summed E-state index contributed by atoms with van der Waals surface area (Å²) >= 11 is 0. The maximum absolute atomic E-state index is 9.43. The Balaban J connectivity index is 2.43. The van der Waals surface area contributed by atoms with Gasteiger partial charge in [-0.15, -0.1) is 0 Å². The third-order valence-electron chi connectivity index (χ3n) is 3.41. The van der Waals surface area contributed by atoms with Crippen molar-refractivity contribution in [3.05, 3.63) is 35.4 Å². The molecule has 3 nitrogen and oxygen atoms in total. The van der Waals surface area contributed by atoms with Crippen molar-refractivity contribution in [3.63, 3.8) is 0 Å². The Morgan fingerprint density at radius 1 is 1.21 bits per heavy atom. The molecule has 0 bridgehead atoms.